The van der Waals surface area contributed by atoms with Crippen molar-refractivity contribution in [2.45, 2.75) is 78.1 Å². The van der Waals surface area contributed by atoms with Crippen LogP contribution in [0.15, 0.2) is 10.2 Å². The van der Waals surface area contributed by atoms with E-state index in [2.05, 4.69) is 36.5 Å². The molecule has 2 aliphatic carbocycles. The molecule has 2 heteroatoms. The van der Waals surface area contributed by atoms with Crippen LogP contribution in [0.1, 0.15) is 78.1 Å². The van der Waals surface area contributed by atoms with Gasteiger partial charge in [-0.3, -0.25) is 0 Å². The van der Waals surface area contributed by atoms with E-state index in [1.165, 1.54) is 64.2 Å². The van der Waals surface area contributed by atoms with Gasteiger partial charge in [-0.15, -0.1) is 0 Å². The van der Waals surface area contributed by atoms with E-state index < -0.39 is 0 Å². The van der Waals surface area contributed by atoms with Crippen LogP contribution in [0.4, 0.5) is 0 Å². The van der Waals surface area contributed by atoms with Gasteiger partial charge in [-0.1, -0.05) is 26.7 Å². The molecule has 0 amide bonds. The summed E-state index contributed by atoms with van der Waals surface area (Å²) in [6.45, 7) is 4.63. The van der Waals surface area contributed by atoms with Crippen LogP contribution >= 0.6 is 0 Å². The third-order valence-electron chi connectivity index (χ3n) is 5.56. The summed E-state index contributed by atoms with van der Waals surface area (Å²) >= 11 is 0. The molecule has 0 aliphatic heterocycles. The normalized spacial score (nSPS) is 35.9. The molecule has 0 saturated heterocycles. The lowest BCUT2D eigenvalue weighted by atomic mass is 9.81. The van der Waals surface area contributed by atoms with Crippen molar-refractivity contribution in [2.24, 2.45) is 33.9 Å². The minimum Gasteiger partial charge on any atom is -0.164 e. The van der Waals surface area contributed by atoms with Crippen molar-refractivity contribution in [3.05, 3.63) is 0 Å². The van der Waals surface area contributed by atoms with Crippen molar-refractivity contribution in [2.75, 3.05) is 0 Å². The Morgan fingerprint density at radius 2 is 1.00 bits per heavy atom. The van der Waals surface area contributed by atoms with Crippen molar-refractivity contribution in [3.8, 4) is 0 Å². The molecular weight excluding hydrogens is 244 g/mol. The Bertz CT molecular complexity index is 273. The number of hydrogen-bond acceptors (Lipinski definition) is 2. The molecule has 0 heterocycles. The van der Waals surface area contributed by atoms with E-state index in [1.54, 1.807) is 0 Å². The van der Waals surface area contributed by atoms with Crippen LogP contribution in [-0.2, 0) is 0 Å². The Morgan fingerprint density at radius 3 is 1.30 bits per heavy atom. The van der Waals surface area contributed by atoms with Gasteiger partial charge in [0.15, 0.2) is 0 Å². The van der Waals surface area contributed by atoms with Gasteiger partial charge in [0.1, 0.15) is 0 Å². The standard InChI is InChI=1S/C18H32N2/c1-3-15-5-9-17(10-6-15)13-19-20-14-18-11-7-16(4-2)8-12-18/h13-18H,3-12H2,1-2H3. The van der Waals surface area contributed by atoms with Crippen LogP contribution in [0, 0.1) is 23.7 Å². The Balaban J connectivity index is 1.65. The predicted molar refractivity (Wildman–Crippen MR) is 88.5 cm³/mol. The highest BCUT2D eigenvalue weighted by Crippen LogP contribution is 2.30. The first-order valence-electron chi connectivity index (χ1n) is 8.88. The minimum atomic E-state index is 0.686. The highest BCUT2D eigenvalue weighted by Gasteiger charge is 2.19. The molecule has 2 nitrogen and oxygen atoms in total. The highest BCUT2D eigenvalue weighted by atomic mass is 15.2. The summed E-state index contributed by atoms with van der Waals surface area (Å²) in [5, 5.41) is 8.65. The van der Waals surface area contributed by atoms with Crippen LogP contribution in [0.5, 0.6) is 0 Å². The first kappa shape index (κ1) is 15.7. The zero-order valence-electron chi connectivity index (χ0n) is 13.4. The van der Waals surface area contributed by atoms with Gasteiger partial charge in [-0.25, -0.2) is 0 Å². The van der Waals surface area contributed by atoms with Gasteiger partial charge in [-0.2, -0.15) is 10.2 Å². The smallest absolute Gasteiger partial charge is 0.0301 e. The van der Waals surface area contributed by atoms with Crippen LogP contribution in [0.2, 0.25) is 0 Å². The number of hydrogen-bond donors (Lipinski definition) is 0. The molecule has 114 valence electrons. The fraction of sp³-hybridized carbons (Fsp3) is 0.889. The molecular formula is C18H32N2. The molecule has 0 aromatic heterocycles. The van der Waals surface area contributed by atoms with Crippen molar-refractivity contribution in [1.29, 1.82) is 0 Å². The maximum atomic E-state index is 4.32. The molecule has 20 heavy (non-hydrogen) atoms. The van der Waals surface area contributed by atoms with Crippen molar-refractivity contribution >= 4 is 12.4 Å². The van der Waals surface area contributed by atoms with Gasteiger partial charge in [-0.05, 0) is 75.0 Å². The maximum Gasteiger partial charge on any atom is 0.0301 e. The topological polar surface area (TPSA) is 24.7 Å². The van der Waals surface area contributed by atoms with Gasteiger partial charge in [0, 0.05) is 12.4 Å². The molecule has 0 bridgehead atoms. The lowest BCUT2D eigenvalue weighted by Crippen LogP contribution is -2.15. The predicted octanol–water partition coefficient (Wildman–Crippen LogP) is 5.48. The summed E-state index contributed by atoms with van der Waals surface area (Å²) in [5.41, 5.74) is 0. The van der Waals surface area contributed by atoms with Crippen molar-refractivity contribution in [3.63, 3.8) is 0 Å². The summed E-state index contributed by atoms with van der Waals surface area (Å²) in [6, 6.07) is 0. The van der Waals surface area contributed by atoms with Crippen molar-refractivity contribution in [1.82, 2.24) is 0 Å². The largest absolute Gasteiger partial charge is 0.164 e. The SMILES string of the molecule is CCC1CCC(C=NN=CC2CCC(CC)CC2)CC1. The fourth-order valence-electron chi connectivity index (χ4n) is 3.76. The fourth-order valence-corrected chi connectivity index (χ4v) is 3.76. The third kappa shape index (κ3) is 5.03. The molecule has 0 radical (unpaired) electrons. The second-order valence-corrected chi connectivity index (χ2v) is 6.91. The minimum absolute atomic E-state index is 0.686. The number of rotatable bonds is 5. The van der Waals surface area contributed by atoms with E-state index in [4.69, 9.17) is 0 Å². The Kier molecular flexibility index (Phi) is 6.75. The second kappa shape index (κ2) is 8.59. The zero-order chi connectivity index (χ0) is 14.2. The third-order valence-corrected chi connectivity index (χ3v) is 5.56. The summed E-state index contributed by atoms with van der Waals surface area (Å²) in [6.07, 6.45) is 17.7. The van der Waals surface area contributed by atoms with Crippen LogP contribution in [0.25, 0.3) is 0 Å². The van der Waals surface area contributed by atoms with Gasteiger partial charge < -0.3 is 0 Å². The molecule has 0 spiro atoms. The van der Waals surface area contributed by atoms with Gasteiger partial charge in [0.25, 0.3) is 0 Å². The molecule has 2 aliphatic rings. The van der Waals surface area contributed by atoms with Crippen LogP contribution in [0.3, 0.4) is 0 Å². The lowest BCUT2D eigenvalue weighted by Gasteiger charge is -2.25. The van der Waals surface area contributed by atoms with Crippen LogP contribution < -0.4 is 0 Å². The molecule has 2 rings (SSSR count). The first-order valence-corrected chi connectivity index (χ1v) is 8.88. The first-order chi connectivity index (χ1) is 9.81. The molecule has 0 N–H and O–H groups in total. The Hall–Kier alpha value is -0.660. The highest BCUT2D eigenvalue weighted by molar-refractivity contribution is 5.64. The summed E-state index contributed by atoms with van der Waals surface area (Å²) in [7, 11) is 0. The van der Waals surface area contributed by atoms with E-state index >= 15 is 0 Å². The van der Waals surface area contributed by atoms with Crippen LogP contribution in [-0.4, -0.2) is 12.4 Å². The summed E-state index contributed by atoms with van der Waals surface area (Å²) in [5.74, 6) is 3.31. The Morgan fingerprint density at radius 1 is 0.650 bits per heavy atom. The number of nitrogens with zero attached hydrogens (tertiary/aromatic N) is 2. The Labute approximate surface area is 125 Å². The van der Waals surface area contributed by atoms with Gasteiger partial charge >= 0.3 is 0 Å². The molecule has 0 unspecified atom stereocenters. The lowest BCUT2D eigenvalue weighted by molar-refractivity contribution is 0.316. The summed E-state index contributed by atoms with van der Waals surface area (Å²) < 4.78 is 0. The van der Waals surface area contributed by atoms with E-state index in [1.807, 2.05) is 0 Å². The van der Waals surface area contributed by atoms with Crippen molar-refractivity contribution < 1.29 is 0 Å². The molecule has 2 fully saturated rings. The van der Waals surface area contributed by atoms with E-state index in [9.17, 15) is 0 Å². The molecule has 0 atom stereocenters. The second-order valence-electron chi connectivity index (χ2n) is 6.91. The average molecular weight is 276 g/mol. The molecule has 2 saturated carbocycles. The maximum absolute atomic E-state index is 4.32. The average Bonchev–Trinajstić information content (AvgIpc) is 2.53. The molecule has 0 aromatic carbocycles. The zero-order valence-corrected chi connectivity index (χ0v) is 13.4. The van der Waals surface area contributed by atoms with Gasteiger partial charge in [0.2, 0.25) is 0 Å². The van der Waals surface area contributed by atoms with Gasteiger partial charge in [0.05, 0.1) is 0 Å². The van der Waals surface area contributed by atoms with E-state index in [-0.39, 0.29) is 0 Å². The summed E-state index contributed by atoms with van der Waals surface area (Å²) in [4.78, 5) is 0. The van der Waals surface area contributed by atoms with E-state index in [0.717, 1.165) is 11.8 Å². The molecule has 0 aromatic rings. The monoisotopic (exact) mass is 276 g/mol. The quantitative estimate of drug-likeness (QED) is 0.469. The van der Waals surface area contributed by atoms with E-state index in [0.29, 0.717) is 11.8 Å².